The van der Waals surface area contributed by atoms with Gasteiger partial charge in [0.2, 0.25) is 5.13 Å². The molecule has 1 amide bonds. The first-order valence-corrected chi connectivity index (χ1v) is 10.3. The van der Waals surface area contributed by atoms with Crippen molar-refractivity contribution >= 4 is 22.4 Å². The summed E-state index contributed by atoms with van der Waals surface area (Å²) in [6.45, 7) is 6.14. The van der Waals surface area contributed by atoms with Crippen LogP contribution in [-0.2, 0) is 5.41 Å². The predicted octanol–water partition coefficient (Wildman–Crippen LogP) is 3.24. The standard InChI is InChI=1S/C20H24N6OS/c1-20(2,14-7-4-3-5-8-14)18-23-24-19(28-18)22-17(27)16-10-12-26(25-16)15-9-6-11-21-13-15/h3-5,7-8,10,12,15,21H,6,9,11,13H2,1-2H3,(H,22,24,27). The van der Waals surface area contributed by atoms with E-state index in [1.54, 1.807) is 6.07 Å². The molecule has 0 bridgehead atoms. The molecule has 4 rings (SSSR count). The topological polar surface area (TPSA) is 84.7 Å². The quantitative estimate of drug-likeness (QED) is 0.692. The second-order valence-corrected chi connectivity index (χ2v) is 8.52. The Bertz CT molecular complexity index is 943. The van der Waals surface area contributed by atoms with Crippen LogP contribution in [0, 0.1) is 0 Å². The molecule has 8 heteroatoms. The first-order chi connectivity index (χ1) is 13.5. The molecule has 2 N–H and O–H groups in total. The van der Waals surface area contributed by atoms with Crippen molar-refractivity contribution in [1.82, 2.24) is 25.3 Å². The number of amides is 1. The molecule has 1 aliphatic heterocycles. The molecule has 2 aromatic heterocycles. The van der Waals surface area contributed by atoms with Crippen LogP contribution in [0.4, 0.5) is 5.13 Å². The number of aromatic nitrogens is 4. The fourth-order valence-corrected chi connectivity index (χ4v) is 4.25. The fourth-order valence-electron chi connectivity index (χ4n) is 3.39. The monoisotopic (exact) mass is 396 g/mol. The molecular weight excluding hydrogens is 372 g/mol. The van der Waals surface area contributed by atoms with Gasteiger partial charge in [-0.1, -0.05) is 41.7 Å². The van der Waals surface area contributed by atoms with E-state index < -0.39 is 0 Å². The number of benzene rings is 1. The van der Waals surface area contributed by atoms with Gasteiger partial charge in [-0.05, 0) is 44.9 Å². The Morgan fingerprint density at radius 3 is 2.82 bits per heavy atom. The van der Waals surface area contributed by atoms with E-state index in [-0.39, 0.29) is 11.3 Å². The van der Waals surface area contributed by atoms with Gasteiger partial charge in [0.25, 0.3) is 5.91 Å². The third-order valence-corrected chi connectivity index (χ3v) is 6.32. The van der Waals surface area contributed by atoms with Crippen molar-refractivity contribution in [3.8, 4) is 0 Å². The van der Waals surface area contributed by atoms with Crippen LogP contribution < -0.4 is 10.6 Å². The average Bonchev–Trinajstić information content (AvgIpc) is 3.39. The summed E-state index contributed by atoms with van der Waals surface area (Å²) >= 11 is 1.39. The lowest BCUT2D eigenvalue weighted by molar-refractivity contribution is 0.102. The summed E-state index contributed by atoms with van der Waals surface area (Å²) in [4.78, 5) is 12.6. The molecule has 1 saturated heterocycles. The van der Waals surface area contributed by atoms with Crippen molar-refractivity contribution in [2.24, 2.45) is 0 Å². The highest BCUT2D eigenvalue weighted by atomic mass is 32.1. The fraction of sp³-hybridized carbons (Fsp3) is 0.400. The third kappa shape index (κ3) is 3.83. The minimum atomic E-state index is -0.280. The molecule has 1 atom stereocenters. The molecule has 1 fully saturated rings. The Morgan fingerprint density at radius 2 is 2.07 bits per heavy atom. The van der Waals surface area contributed by atoms with E-state index in [0.29, 0.717) is 16.9 Å². The van der Waals surface area contributed by atoms with Crippen molar-refractivity contribution in [1.29, 1.82) is 0 Å². The van der Waals surface area contributed by atoms with Crippen LogP contribution in [0.15, 0.2) is 42.6 Å². The number of hydrogen-bond donors (Lipinski definition) is 2. The largest absolute Gasteiger partial charge is 0.315 e. The molecule has 0 radical (unpaired) electrons. The average molecular weight is 397 g/mol. The summed E-state index contributed by atoms with van der Waals surface area (Å²) in [5.41, 5.74) is 1.27. The Hall–Kier alpha value is -2.58. The van der Waals surface area contributed by atoms with Gasteiger partial charge < -0.3 is 5.32 Å². The highest BCUT2D eigenvalue weighted by molar-refractivity contribution is 7.15. The summed E-state index contributed by atoms with van der Waals surface area (Å²) < 4.78 is 1.88. The number of anilines is 1. The van der Waals surface area contributed by atoms with E-state index in [1.807, 2.05) is 29.1 Å². The molecule has 0 spiro atoms. The molecule has 1 aliphatic rings. The molecule has 1 unspecified atom stereocenters. The highest BCUT2D eigenvalue weighted by Crippen LogP contribution is 2.34. The first-order valence-electron chi connectivity index (χ1n) is 9.51. The molecule has 0 saturated carbocycles. The SMILES string of the molecule is CC(C)(c1ccccc1)c1nnc(NC(=O)c2ccn(C3CCCNC3)n2)s1. The number of rotatable bonds is 5. The van der Waals surface area contributed by atoms with Gasteiger partial charge >= 0.3 is 0 Å². The van der Waals surface area contributed by atoms with Crippen LogP contribution in [0.2, 0.25) is 0 Å². The van der Waals surface area contributed by atoms with E-state index in [1.165, 1.54) is 11.3 Å². The van der Waals surface area contributed by atoms with Gasteiger partial charge in [-0.25, -0.2) is 0 Å². The minimum absolute atomic E-state index is 0.261. The van der Waals surface area contributed by atoms with Crippen LogP contribution in [0.3, 0.4) is 0 Å². The number of piperidine rings is 1. The molecule has 28 heavy (non-hydrogen) atoms. The van der Waals surface area contributed by atoms with Crippen molar-refractivity contribution in [2.45, 2.75) is 38.1 Å². The number of hydrogen-bond acceptors (Lipinski definition) is 6. The van der Waals surface area contributed by atoms with Crippen molar-refractivity contribution in [3.05, 3.63) is 58.9 Å². The Kier molecular flexibility index (Phi) is 5.23. The number of carbonyl (C=O) groups is 1. The molecule has 146 valence electrons. The highest BCUT2D eigenvalue weighted by Gasteiger charge is 2.28. The lowest BCUT2D eigenvalue weighted by Gasteiger charge is -2.22. The predicted molar refractivity (Wildman–Crippen MR) is 110 cm³/mol. The normalized spacial score (nSPS) is 17.4. The van der Waals surface area contributed by atoms with Crippen LogP contribution in [-0.4, -0.2) is 39.0 Å². The van der Waals surface area contributed by atoms with Crippen LogP contribution >= 0.6 is 11.3 Å². The van der Waals surface area contributed by atoms with Gasteiger partial charge in [0.05, 0.1) is 6.04 Å². The zero-order chi connectivity index (χ0) is 19.6. The number of nitrogens with zero attached hydrogens (tertiary/aromatic N) is 4. The van der Waals surface area contributed by atoms with E-state index in [4.69, 9.17) is 0 Å². The van der Waals surface area contributed by atoms with Crippen LogP contribution in [0.1, 0.15) is 53.8 Å². The molecular formula is C20H24N6OS. The zero-order valence-corrected chi connectivity index (χ0v) is 16.9. The molecule has 7 nitrogen and oxygen atoms in total. The number of nitrogens with one attached hydrogen (secondary N) is 2. The maximum Gasteiger partial charge on any atom is 0.277 e. The van der Waals surface area contributed by atoms with E-state index in [2.05, 4.69) is 51.9 Å². The summed E-state index contributed by atoms with van der Waals surface area (Å²) in [6.07, 6.45) is 4.07. The first kappa shape index (κ1) is 18.8. The van der Waals surface area contributed by atoms with Crippen molar-refractivity contribution in [2.75, 3.05) is 18.4 Å². The summed E-state index contributed by atoms with van der Waals surface area (Å²) in [6, 6.07) is 12.2. The minimum Gasteiger partial charge on any atom is -0.315 e. The van der Waals surface area contributed by atoms with Gasteiger partial charge in [0, 0.05) is 18.2 Å². The maximum absolute atomic E-state index is 12.6. The van der Waals surface area contributed by atoms with Gasteiger partial charge in [0.15, 0.2) is 5.69 Å². The van der Waals surface area contributed by atoms with Crippen molar-refractivity contribution in [3.63, 3.8) is 0 Å². The van der Waals surface area contributed by atoms with Crippen LogP contribution in [0.5, 0.6) is 0 Å². The van der Waals surface area contributed by atoms with Crippen molar-refractivity contribution < 1.29 is 4.79 Å². The van der Waals surface area contributed by atoms with Gasteiger partial charge in [-0.15, -0.1) is 10.2 Å². The smallest absolute Gasteiger partial charge is 0.277 e. The van der Waals surface area contributed by atoms with Gasteiger partial charge in [0.1, 0.15) is 5.01 Å². The van der Waals surface area contributed by atoms with Gasteiger partial charge in [-0.3, -0.25) is 14.8 Å². The Labute approximate surface area is 168 Å². The second kappa shape index (κ2) is 7.81. The Balaban J connectivity index is 1.45. The second-order valence-electron chi connectivity index (χ2n) is 7.54. The van der Waals surface area contributed by atoms with Gasteiger partial charge in [-0.2, -0.15) is 5.10 Å². The zero-order valence-electron chi connectivity index (χ0n) is 16.1. The van der Waals surface area contributed by atoms with Crippen LogP contribution in [0.25, 0.3) is 0 Å². The summed E-state index contributed by atoms with van der Waals surface area (Å²) in [5, 5.41) is 20.5. The number of carbonyl (C=O) groups excluding carboxylic acids is 1. The third-order valence-electron chi connectivity index (χ3n) is 5.16. The van der Waals surface area contributed by atoms with E-state index in [9.17, 15) is 4.79 Å². The molecule has 0 aliphatic carbocycles. The lowest BCUT2D eigenvalue weighted by Crippen LogP contribution is -2.32. The summed E-state index contributed by atoms with van der Waals surface area (Å²) in [5.74, 6) is -0.261. The molecule has 3 heterocycles. The van der Waals surface area contributed by atoms with E-state index >= 15 is 0 Å². The lowest BCUT2D eigenvalue weighted by atomic mass is 9.85. The van der Waals surface area contributed by atoms with E-state index in [0.717, 1.165) is 36.5 Å². The Morgan fingerprint density at radius 1 is 1.25 bits per heavy atom. The summed E-state index contributed by atoms with van der Waals surface area (Å²) in [7, 11) is 0. The molecule has 3 aromatic rings. The molecule has 1 aromatic carbocycles. The maximum atomic E-state index is 12.6.